The Balaban J connectivity index is 0.914. The number of hydrogen-bond donors (Lipinski definition) is 0. The van der Waals surface area contributed by atoms with Gasteiger partial charge in [-0.2, -0.15) is 0 Å². The van der Waals surface area contributed by atoms with Crippen molar-refractivity contribution in [3.8, 4) is 134 Å². The van der Waals surface area contributed by atoms with Crippen LogP contribution in [0.15, 0.2) is 387 Å². The molecule has 0 unspecified atom stereocenters. The summed E-state index contributed by atoms with van der Waals surface area (Å²) in [5, 5.41) is 4.60. The first-order valence-corrected chi connectivity index (χ1v) is 39.2. The molecule has 2 aromatic heterocycles. The second kappa shape index (κ2) is 26.7. The van der Waals surface area contributed by atoms with Gasteiger partial charge in [0, 0.05) is 53.4 Å². The minimum absolute atomic E-state index is 0.311. The van der Waals surface area contributed by atoms with Crippen LogP contribution in [0.5, 0.6) is 11.5 Å². The van der Waals surface area contributed by atoms with Gasteiger partial charge in [-0.25, -0.2) is 0 Å². The largest absolute Gasteiger partial charge is 0.458 e. The highest BCUT2D eigenvalue weighted by Crippen LogP contribution is 2.56. The normalized spacial score (nSPS) is 12.3. The molecule has 2 aliphatic rings. The second-order valence-corrected chi connectivity index (χ2v) is 31.7. The summed E-state index contributed by atoms with van der Waals surface area (Å²) in [7, 11) is 0. The lowest BCUT2D eigenvalue weighted by Crippen LogP contribution is -2.59. The predicted octanol–water partition coefficient (Wildman–Crippen LogP) is 28.0. The molecule has 0 spiro atoms. The summed E-state index contributed by atoms with van der Waals surface area (Å²) in [6.45, 7) is 6.76. The first kappa shape index (κ1) is 65.7. The molecule has 0 radical (unpaired) electrons. The first-order chi connectivity index (χ1) is 54.6. The van der Waals surface area contributed by atoms with E-state index in [-0.39, 0.29) is 12.1 Å². The molecule has 0 amide bonds. The fraction of sp³-hybridized carbons (Fsp3) is 0.0377. The van der Waals surface area contributed by atoms with Crippen LogP contribution in [0, 0.1) is 0 Å². The summed E-state index contributed by atoms with van der Waals surface area (Å²) in [4.78, 5) is 2.69. The van der Waals surface area contributed by atoms with E-state index in [0.29, 0.717) is 0 Å². The van der Waals surface area contributed by atoms with E-state index in [4.69, 9.17) is 9.15 Å². The molecular formula is C106H72BNO2S. The van der Waals surface area contributed by atoms with Crippen LogP contribution in [0.1, 0.15) is 26.3 Å². The molecule has 19 aromatic rings. The fourth-order valence-corrected chi connectivity index (χ4v) is 18.5. The van der Waals surface area contributed by atoms with Crippen LogP contribution in [-0.4, -0.2) is 6.71 Å². The van der Waals surface area contributed by atoms with E-state index in [1.54, 1.807) is 0 Å². The Bertz CT molecular complexity index is 6570. The lowest BCUT2D eigenvalue weighted by molar-refractivity contribution is 0.488. The number of benzene rings is 17. The van der Waals surface area contributed by atoms with Gasteiger partial charge in [0.2, 0.25) is 0 Å². The number of ether oxygens (including phenoxy) is 1. The van der Waals surface area contributed by atoms with Crippen molar-refractivity contribution in [1.82, 2.24) is 0 Å². The molecule has 4 heterocycles. The minimum Gasteiger partial charge on any atom is -0.458 e. The van der Waals surface area contributed by atoms with E-state index in [2.05, 4.69) is 408 Å². The van der Waals surface area contributed by atoms with Crippen molar-refractivity contribution in [2.24, 2.45) is 0 Å². The summed E-state index contributed by atoms with van der Waals surface area (Å²) >= 11 is 1.86. The quantitative estimate of drug-likeness (QED) is 0.114. The number of fused-ring (bicyclic) bond motifs is 10. The SMILES string of the molecule is CC(C)(C)c1cc(-c2cccc3oc4ccccc4c23)c(N2c3cc(-c4cc(-c5ccccc5)cc(-c5ccccc5)c4)ccc3B3c4cc(-c5cc(-c6ccccc6)cc(-c6ccccc6)c5)ccc4Oc4cc(-c5cc(-c6ccccc6)cc(-c6ccccc6)c5)cc2c43)c(-c2cccc3sc4ccccc4c23)c1. The predicted molar refractivity (Wildman–Crippen MR) is 471 cm³/mol. The zero-order chi connectivity index (χ0) is 73.8. The monoisotopic (exact) mass is 1430 g/mol. The maximum atomic E-state index is 7.84. The van der Waals surface area contributed by atoms with Crippen molar-refractivity contribution in [3.63, 3.8) is 0 Å². The Morgan fingerprint density at radius 1 is 0.270 bits per heavy atom. The van der Waals surface area contributed by atoms with Gasteiger partial charge >= 0.3 is 0 Å². The highest BCUT2D eigenvalue weighted by Gasteiger charge is 2.44. The summed E-state index contributed by atoms with van der Waals surface area (Å²) in [5.74, 6) is 1.63. The Morgan fingerprint density at radius 3 is 1.18 bits per heavy atom. The lowest BCUT2D eigenvalue weighted by atomic mass is 9.34. The maximum Gasteiger partial charge on any atom is 0.256 e. The van der Waals surface area contributed by atoms with Crippen molar-refractivity contribution in [3.05, 3.63) is 388 Å². The third-order valence-electron chi connectivity index (χ3n) is 22.8. The molecule has 522 valence electrons. The molecule has 0 atom stereocenters. The van der Waals surface area contributed by atoms with Gasteiger partial charge in [-0.1, -0.05) is 288 Å². The molecule has 0 fully saturated rings. The van der Waals surface area contributed by atoms with Crippen molar-refractivity contribution < 1.29 is 9.15 Å². The summed E-state index contributed by atoms with van der Waals surface area (Å²) in [6, 6.07) is 142. The van der Waals surface area contributed by atoms with E-state index in [0.717, 1.165) is 189 Å². The Morgan fingerprint density at radius 2 is 0.667 bits per heavy atom. The second-order valence-electron chi connectivity index (χ2n) is 30.6. The number of nitrogens with zero attached hydrogens (tertiary/aromatic N) is 1. The third-order valence-corrected chi connectivity index (χ3v) is 23.9. The summed E-state index contributed by atoms with van der Waals surface area (Å²) < 4.78 is 17.3. The molecule has 0 saturated carbocycles. The van der Waals surface area contributed by atoms with E-state index >= 15 is 0 Å². The van der Waals surface area contributed by atoms with Crippen LogP contribution in [0.4, 0.5) is 17.1 Å². The van der Waals surface area contributed by atoms with Crippen LogP contribution in [0.2, 0.25) is 0 Å². The average molecular weight is 1430 g/mol. The van der Waals surface area contributed by atoms with Gasteiger partial charge in [0.1, 0.15) is 22.7 Å². The third kappa shape index (κ3) is 11.6. The van der Waals surface area contributed by atoms with Crippen LogP contribution in [-0.2, 0) is 5.41 Å². The van der Waals surface area contributed by atoms with Gasteiger partial charge in [-0.15, -0.1) is 11.3 Å². The van der Waals surface area contributed by atoms with Gasteiger partial charge < -0.3 is 14.1 Å². The topological polar surface area (TPSA) is 25.6 Å². The lowest BCUT2D eigenvalue weighted by Gasteiger charge is -2.42. The zero-order valence-electron chi connectivity index (χ0n) is 61.6. The highest BCUT2D eigenvalue weighted by atomic mass is 32.1. The molecular weight excluding hydrogens is 1360 g/mol. The van der Waals surface area contributed by atoms with Crippen LogP contribution in [0.3, 0.4) is 0 Å². The number of furan rings is 1. The highest BCUT2D eigenvalue weighted by molar-refractivity contribution is 7.26. The summed E-state index contributed by atoms with van der Waals surface area (Å²) in [6.07, 6.45) is 0. The van der Waals surface area contributed by atoms with Crippen LogP contribution in [0.25, 0.3) is 165 Å². The molecule has 21 rings (SSSR count). The maximum absolute atomic E-state index is 7.84. The van der Waals surface area contributed by atoms with Crippen molar-refractivity contribution in [2.75, 3.05) is 4.90 Å². The Hall–Kier alpha value is -13.6. The van der Waals surface area contributed by atoms with Crippen molar-refractivity contribution in [1.29, 1.82) is 0 Å². The van der Waals surface area contributed by atoms with Gasteiger partial charge in [0.25, 0.3) is 6.71 Å². The van der Waals surface area contributed by atoms with Gasteiger partial charge in [0.05, 0.1) is 5.69 Å². The van der Waals surface area contributed by atoms with Crippen LogP contribution >= 0.6 is 11.3 Å². The van der Waals surface area contributed by atoms with Crippen molar-refractivity contribution in [2.45, 2.75) is 26.2 Å². The molecule has 17 aromatic carbocycles. The number of thiophene rings is 1. The molecule has 0 bridgehead atoms. The Labute approximate surface area is 651 Å². The number of hydrogen-bond acceptors (Lipinski definition) is 4. The van der Waals surface area contributed by atoms with Crippen LogP contribution < -0.4 is 26.0 Å². The standard InChI is InChI=1S/C106H72BNO2S/c1-106(2,3)85-65-90(86-42-26-45-98-102(86)88-40-22-24-44-96(88)109-98)105(91(66-85)87-43-27-47-101-103(87)89-41-23-25-46-100(89)111-101)108-94-62-74(82-57-77(69-32-14-6-15-33-69)53-78(58-82)70-34-16-7-17-35-70)48-50-92(94)107-93-61-73(81-55-75(67-28-10-4-11-29-67)52-76(56-81)68-30-12-5-13-31-68)49-51-97(93)110-99-64-84(63-95(108)104(99)107)83-59-79(71-36-18-8-19-37-71)54-80(60-83)72-38-20-9-21-39-72/h4-66H,1-3H3. The molecule has 5 heteroatoms. The molecule has 0 saturated heterocycles. The molecule has 0 aliphatic carbocycles. The average Bonchev–Trinajstić information content (AvgIpc) is 0.764. The van der Waals surface area contributed by atoms with E-state index < -0.39 is 0 Å². The van der Waals surface area contributed by atoms with Gasteiger partial charge in [-0.05, 0) is 254 Å². The van der Waals surface area contributed by atoms with E-state index in [1.165, 1.54) is 25.7 Å². The number of para-hydroxylation sites is 1. The van der Waals surface area contributed by atoms with Gasteiger partial charge in [-0.3, -0.25) is 0 Å². The number of rotatable bonds is 12. The smallest absolute Gasteiger partial charge is 0.256 e. The molecule has 111 heavy (non-hydrogen) atoms. The molecule has 2 aliphatic heterocycles. The minimum atomic E-state index is -0.323. The van der Waals surface area contributed by atoms with Gasteiger partial charge in [0.15, 0.2) is 0 Å². The van der Waals surface area contributed by atoms with Crippen molar-refractivity contribution >= 4 is 93.6 Å². The molecule has 0 N–H and O–H groups in total. The Kier molecular flexibility index (Phi) is 15.8. The van der Waals surface area contributed by atoms with E-state index in [1.807, 2.05) is 11.3 Å². The number of anilines is 3. The van der Waals surface area contributed by atoms with E-state index in [9.17, 15) is 0 Å². The summed E-state index contributed by atoms with van der Waals surface area (Å²) in [5.41, 5.74) is 33.8. The molecule has 3 nitrogen and oxygen atoms in total. The fourth-order valence-electron chi connectivity index (χ4n) is 17.4. The first-order valence-electron chi connectivity index (χ1n) is 38.4. The zero-order valence-corrected chi connectivity index (χ0v) is 62.4.